The van der Waals surface area contributed by atoms with Crippen molar-refractivity contribution in [3.63, 3.8) is 0 Å². The molecule has 3 aromatic carbocycles. The van der Waals surface area contributed by atoms with Gasteiger partial charge in [-0.3, -0.25) is 9.59 Å². The number of nitrogens with zero attached hydrogens (tertiary/aromatic N) is 1. The molecule has 0 saturated carbocycles. The summed E-state index contributed by atoms with van der Waals surface area (Å²) in [6.45, 7) is 2.35. The maximum absolute atomic E-state index is 12.5. The first-order valence-corrected chi connectivity index (χ1v) is 9.12. The van der Waals surface area contributed by atoms with Crippen molar-refractivity contribution in [1.82, 2.24) is 10.2 Å². The molecule has 0 unspecified atom stereocenters. The van der Waals surface area contributed by atoms with Gasteiger partial charge in [0.15, 0.2) is 0 Å². The standard InChI is InChI=1S/C23H24N2O3/c1-16-8-11-21(28-3)20(12-16)15-25(2)22(26)14-24-23(27)19-10-9-17-6-4-5-7-18(17)13-19/h4-13H,14-15H2,1-3H3,(H,24,27). The van der Waals surface area contributed by atoms with Crippen LogP contribution in [0.4, 0.5) is 0 Å². The number of hydrogen-bond acceptors (Lipinski definition) is 3. The van der Waals surface area contributed by atoms with Crippen molar-refractivity contribution in [2.45, 2.75) is 13.5 Å². The number of hydrogen-bond donors (Lipinski definition) is 1. The second-order valence-electron chi connectivity index (χ2n) is 6.81. The van der Waals surface area contributed by atoms with E-state index in [2.05, 4.69) is 5.32 Å². The Labute approximate surface area is 164 Å². The Morgan fingerprint density at radius 2 is 1.75 bits per heavy atom. The second-order valence-corrected chi connectivity index (χ2v) is 6.81. The van der Waals surface area contributed by atoms with Crippen LogP contribution in [-0.4, -0.2) is 37.4 Å². The van der Waals surface area contributed by atoms with Gasteiger partial charge in [-0.2, -0.15) is 0 Å². The first-order chi connectivity index (χ1) is 13.5. The van der Waals surface area contributed by atoms with Gasteiger partial charge in [0.25, 0.3) is 5.91 Å². The van der Waals surface area contributed by atoms with Gasteiger partial charge in [0.2, 0.25) is 5.91 Å². The molecule has 1 N–H and O–H groups in total. The van der Waals surface area contributed by atoms with Gasteiger partial charge in [-0.1, -0.05) is 48.0 Å². The molecule has 5 nitrogen and oxygen atoms in total. The summed E-state index contributed by atoms with van der Waals surface area (Å²) in [6.07, 6.45) is 0. The number of aryl methyl sites for hydroxylation is 1. The number of benzene rings is 3. The Morgan fingerprint density at radius 3 is 2.50 bits per heavy atom. The van der Waals surface area contributed by atoms with Gasteiger partial charge in [0.1, 0.15) is 5.75 Å². The quantitative estimate of drug-likeness (QED) is 0.716. The lowest BCUT2D eigenvalue weighted by Crippen LogP contribution is -2.37. The topological polar surface area (TPSA) is 58.6 Å². The Morgan fingerprint density at radius 1 is 1.00 bits per heavy atom. The molecule has 0 fully saturated rings. The third-order valence-corrected chi connectivity index (χ3v) is 4.68. The summed E-state index contributed by atoms with van der Waals surface area (Å²) in [4.78, 5) is 26.4. The fourth-order valence-electron chi connectivity index (χ4n) is 3.10. The lowest BCUT2D eigenvalue weighted by atomic mass is 10.1. The van der Waals surface area contributed by atoms with Crippen molar-refractivity contribution in [2.75, 3.05) is 20.7 Å². The van der Waals surface area contributed by atoms with Gasteiger partial charge in [-0.05, 0) is 35.9 Å². The van der Waals surface area contributed by atoms with Gasteiger partial charge in [0, 0.05) is 24.7 Å². The molecule has 0 atom stereocenters. The van der Waals surface area contributed by atoms with Crippen molar-refractivity contribution in [3.05, 3.63) is 77.4 Å². The van der Waals surface area contributed by atoms with Crippen LogP contribution in [-0.2, 0) is 11.3 Å². The molecule has 144 valence electrons. The van der Waals surface area contributed by atoms with Crippen LogP contribution < -0.4 is 10.1 Å². The van der Waals surface area contributed by atoms with Crippen LogP contribution >= 0.6 is 0 Å². The number of ether oxygens (including phenoxy) is 1. The third kappa shape index (κ3) is 4.49. The van der Waals surface area contributed by atoms with E-state index in [0.29, 0.717) is 12.1 Å². The second kappa shape index (κ2) is 8.57. The zero-order valence-electron chi connectivity index (χ0n) is 16.4. The first kappa shape index (κ1) is 19.4. The van der Waals surface area contributed by atoms with Crippen LogP contribution in [0.15, 0.2) is 60.7 Å². The van der Waals surface area contributed by atoms with Crippen molar-refractivity contribution < 1.29 is 14.3 Å². The van der Waals surface area contributed by atoms with Crippen LogP contribution in [0, 0.1) is 6.92 Å². The Balaban J connectivity index is 1.61. The van der Waals surface area contributed by atoms with Gasteiger partial charge < -0.3 is 15.0 Å². The largest absolute Gasteiger partial charge is 0.496 e. The molecule has 0 aromatic heterocycles. The van der Waals surface area contributed by atoms with E-state index in [4.69, 9.17) is 4.74 Å². The fourth-order valence-corrected chi connectivity index (χ4v) is 3.10. The molecule has 0 aliphatic heterocycles. The number of rotatable bonds is 6. The van der Waals surface area contributed by atoms with E-state index in [1.165, 1.54) is 0 Å². The minimum Gasteiger partial charge on any atom is -0.496 e. The molecule has 3 rings (SSSR count). The number of amides is 2. The van der Waals surface area contributed by atoms with Crippen molar-refractivity contribution in [2.24, 2.45) is 0 Å². The maximum Gasteiger partial charge on any atom is 0.251 e. The highest BCUT2D eigenvalue weighted by Gasteiger charge is 2.14. The number of methoxy groups -OCH3 is 1. The zero-order valence-corrected chi connectivity index (χ0v) is 16.4. The molecule has 5 heteroatoms. The fraction of sp³-hybridized carbons (Fsp3) is 0.217. The number of fused-ring (bicyclic) bond motifs is 1. The highest BCUT2D eigenvalue weighted by molar-refractivity contribution is 6.00. The van der Waals surface area contributed by atoms with Crippen LogP contribution in [0.3, 0.4) is 0 Å². The van der Waals surface area contributed by atoms with E-state index in [0.717, 1.165) is 27.6 Å². The Hall–Kier alpha value is -3.34. The van der Waals surface area contributed by atoms with E-state index in [1.54, 1.807) is 25.1 Å². The molecule has 2 amide bonds. The molecule has 0 aliphatic rings. The van der Waals surface area contributed by atoms with Crippen LogP contribution in [0.25, 0.3) is 10.8 Å². The highest BCUT2D eigenvalue weighted by Crippen LogP contribution is 2.21. The average Bonchev–Trinajstić information content (AvgIpc) is 2.71. The lowest BCUT2D eigenvalue weighted by Gasteiger charge is -2.19. The summed E-state index contributed by atoms with van der Waals surface area (Å²) >= 11 is 0. The summed E-state index contributed by atoms with van der Waals surface area (Å²) in [6, 6.07) is 19.2. The normalized spacial score (nSPS) is 10.5. The van der Waals surface area contributed by atoms with E-state index in [9.17, 15) is 9.59 Å². The zero-order chi connectivity index (χ0) is 20.1. The minimum absolute atomic E-state index is 0.0592. The van der Waals surface area contributed by atoms with Gasteiger partial charge >= 0.3 is 0 Å². The smallest absolute Gasteiger partial charge is 0.251 e. The molecular weight excluding hydrogens is 352 g/mol. The summed E-state index contributed by atoms with van der Waals surface area (Å²) < 4.78 is 5.36. The summed E-state index contributed by atoms with van der Waals surface area (Å²) in [5.74, 6) is 0.309. The highest BCUT2D eigenvalue weighted by atomic mass is 16.5. The third-order valence-electron chi connectivity index (χ3n) is 4.68. The maximum atomic E-state index is 12.5. The van der Waals surface area contributed by atoms with E-state index in [-0.39, 0.29) is 18.4 Å². The van der Waals surface area contributed by atoms with Gasteiger partial charge in [-0.25, -0.2) is 0 Å². The average molecular weight is 376 g/mol. The van der Waals surface area contributed by atoms with Crippen LogP contribution in [0.2, 0.25) is 0 Å². The first-order valence-electron chi connectivity index (χ1n) is 9.12. The molecule has 0 radical (unpaired) electrons. The Kier molecular flexibility index (Phi) is 5.94. The van der Waals surface area contributed by atoms with E-state index in [1.807, 2.05) is 61.5 Å². The molecule has 0 saturated heterocycles. The predicted molar refractivity (Wildman–Crippen MR) is 110 cm³/mol. The summed E-state index contributed by atoms with van der Waals surface area (Å²) in [5, 5.41) is 4.77. The van der Waals surface area contributed by atoms with E-state index >= 15 is 0 Å². The molecule has 28 heavy (non-hydrogen) atoms. The summed E-state index contributed by atoms with van der Waals surface area (Å²) in [7, 11) is 3.33. The molecule has 0 heterocycles. The molecule has 0 bridgehead atoms. The number of carbonyl (C=O) groups is 2. The number of carbonyl (C=O) groups excluding carboxylic acids is 2. The number of likely N-dealkylation sites (N-methyl/N-ethyl adjacent to an activating group) is 1. The molecule has 0 spiro atoms. The lowest BCUT2D eigenvalue weighted by molar-refractivity contribution is -0.129. The predicted octanol–water partition coefficient (Wildman–Crippen LogP) is 3.55. The van der Waals surface area contributed by atoms with Crippen molar-refractivity contribution in [3.8, 4) is 5.75 Å². The van der Waals surface area contributed by atoms with Gasteiger partial charge in [-0.15, -0.1) is 0 Å². The summed E-state index contributed by atoms with van der Waals surface area (Å²) in [5.41, 5.74) is 2.56. The Bertz CT molecular complexity index is 1010. The molecule has 0 aliphatic carbocycles. The van der Waals surface area contributed by atoms with Gasteiger partial charge in [0.05, 0.1) is 13.7 Å². The van der Waals surface area contributed by atoms with Crippen molar-refractivity contribution in [1.29, 1.82) is 0 Å². The molecule has 3 aromatic rings. The monoisotopic (exact) mass is 376 g/mol. The minimum atomic E-state index is -0.263. The van der Waals surface area contributed by atoms with Crippen LogP contribution in [0.1, 0.15) is 21.5 Å². The van der Waals surface area contributed by atoms with Crippen molar-refractivity contribution >= 4 is 22.6 Å². The van der Waals surface area contributed by atoms with E-state index < -0.39 is 0 Å². The molecular formula is C23H24N2O3. The number of nitrogens with one attached hydrogen (secondary N) is 1. The SMILES string of the molecule is COc1ccc(C)cc1CN(C)C(=O)CNC(=O)c1ccc2ccccc2c1. The van der Waals surface area contributed by atoms with Crippen LogP contribution in [0.5, 0.6) is 5.75 Å².